The molecule has 0 spiro atoms. The molecule has 0 saturated carbocycles. The van der Waals surface area contributed by atoms with E-state index in [0.29, 0.717) is 0 Å². The molecule has 0 fully saturated rings. The summed E-state index contributed by atoms with van der Waals surface area (Å²) in [7, 11) is 0. The van der Waals surface area contributed by atoms with Crippen molar-refractivity contribution in [1.29, 1.82) is 0 Å². The summed E-state index contributed by atoms with van der Waals surface area (Å²) in [6, 6.07) is 7.86. The standard InChI is InChI=1S/C9H8O.Ge/c10-9-6-5-7-3-1-2-4-8(7)9;/h1-6,9-10H;. The molecule has 0 amide bonds. The Hall–Kier alpha value is -0.537. The van der Waals surface area contributed by atoms with Crippen LogP contribution in [0, 0.1) is 0 Å². The molecule has 1 unspecified atom stereocenters. The minimum Gasteiger partial charge on any atom is -0.384 e. The van der Waals surface area contributed by atoms with Gasteiger partial charge in [-0.2, -0.15) is 0 Å². The molecule has 0 aliphatic heterocycles. The van der Waals surface area contributed by atoms with Crippen LogP contribution in [-0.4, -0.2) is 22.7 Å². The molecule has 2 heteroatoms. The van der Waals surface area contributed by atoms with Gasteiger partial charge in [-0.1, -0.05) is 36.4 Å². The van der Waals surface area contributed by atoms with Gasteiger partial charge in [0.25, 0.3) is 0 Å². The zero-order valence-electron chi connectivity index (χ0n) is 5.99. The van der Waals surface area contributed by atoms with Gasteiger partial charge in [-0.3, -0.25) is 0 Å². The first-order valence-corrected chi connectivity index (χ1v) is 3.33. The summed E-state index contributed by atoms with van der Waals surface area (Å²) in [6.07, 6.45) is 3.36. The summed E-state index contributed by atoms with van der Waals surface area (Å²) in [5.74, 6) is 0. The molecule has 1 aromatic carbocycles. The Morgan fingerprint density at radius 1 is 1.18 bits per heavy atom. The van der Waals surface area contributed by atoms with Gasteiger partial charge in [-0.25, -0.2) is 0 Å². The van der Waals surface area contributed by atoms with Crippen molar-refractivity contribution in [2.24, 2.45) is 0 Å². The van der Waals surface area contributed by atoms with E-state index < -0.39 is 0 Å². The van der Waals surface area contributed by atoms with Crippen LogP contribution < -0.4 is 0 Å². The molecule has 1 aromatic rings. The summed E-state index contributed by atoms with van der Waals surface area (Å²) in [5, 5.41) is 9.29. The number of aliphatic hydroxyl groups is 1. The van der Waals surface area contributed by atoms with Crippen LogP contribution in [0.1, 0.15) is 17.2 Å². The number of hydrogen-bond acceptors (Lipinski definition) is 1. The van der Waals surface area contributed by atoms with Crippen LogP contribution in [0.3, 0.4) is 0 Å². The molecule has 0 heterocycles. The average Bonchev–Trinajstić information content (AvgIpc) is 2.34. The molecule has 1 N–H and O–H groups in total. The molecule has 1 aliphatic rings. The van der Waals surface area contributed by atoms with Gasteiger partial charge in [0.1, 0.15) is 0 Å². The monoisotopic (exact) mass is 206 g/mol. The second-order valence-electron chi connectivity index (χ2n) is 2.43. The SMILES string of the molecule is OC1C=Cc2ccccc21.[Ge]. The van der Waals surface area contributed by atoms with Crippen molar-refractivity contribution in [3.63, 3.8) is 0 Å². The zero-order valence-corrected chi connectivity index (χ0v) is 8.09. The van der Waals surface area contributed by atoms with Gasteiger partial charge in [0.2, 0.25) is 0 Å². The Morgan fingerprint density at radius 3 is 2.64 bits per heavy atom. The Kier molecular flexibility index (Phi) is 2.52. The fourth-order valence-corrected chi connectivity index (χ4v) is 1.23. The van der Waals surface area contributed by atoms with Gasteiger partial charge >= 0.3 is 0 Å². The van der Waals surface area contributed by atoms with Crippen molar-refractivity contribution in [1.82, 2.24) is 0 Å². The Morgan fingerprint density at radius 2 is 1.91 bits per heavy atom. The van der Waals surface area contributed by atoms with Gasteiger partial charge in [-0.15, -0.1) is 0 Å². The number of aliphatic hydroxyl groups excluding tert-OH is 1. The third-order valence-electron chi connectivity index (χ3n) is 1.77. The molecule has 0 bridgehead atoms. The maximum Gasteiger partial charge on any atom is 0.0980 e. The predicted molar refractivity (Wildman–Crippen MR) is 46.2 cm³/mol. The van der Waals surface area contributed by atoms with Gasteiger partial charge in [-0.05, 0) is 11.1 Å². The molecule has 0 saturated heterocycles. The molecule has 4 radical (unpaired) electrons. The molecule has 1 atom stereocenters. The number of hydrogen-bond donors (Lipinski definition) is 1. The van der Waals surface area contributed by atoms with E-state index in [9.17, 15) is 5.11 Å². The van der Waals surface area contributed by atoms with E-state index in [1.54, 1.807) is 6.08 Å². The van der Waals surface area contributed by atoms with Crippen molar-refractivity contribution in [3.05, 3.63) is 41.5 Å². The Labute approximate surface area is 76.7 Å². The van der Waals surface area contributed by atoms with E-state index in [0.717, 1.165) is 11.1 Å². The van der Waals surface area contributed by atoms with Crippen LogP contribution in [0.15, 0.2) is 30.3 Å². The van der Waals surface area contributed by atoms with E-state index in [4.69, 9.17) is 0 Å². The molecule has 0 aromatic heterocycles. The van der Waals surface area contributed by atoms with Crippen molar-refractivity contribution in [2.75, 3.05) is 0 Å². The third kappa shape index (κ3) is 1.39. The minimum atomic E-state index is -0.379. The van der Waals surface area contributed by atoms with Gasteiger partial charge < -0.3 is 5.11 Å². The van der Waals surface area contributed by atoms with E-state index in [2.05, 4.69) is 0 Å². The minimum absolute atomic E-state index is 0. The first kappa shape index (κ1) is 8.56. The van der Waals surface area contributed by atoms with E-state index in [-0.39, 0.29) is 23.7 Å². The van der Waals surface area contributed by atoms with Gasteiger partial charge in [0.05, 0.1) is 6.10 Å². The van der Waals surface area contributed by atoms with E-state index in [1.807, 2.05) is 30.3 Å². The molecule has 11 heavy (non-hydrogen) atoms. The summed E-state index contributed by atoms with van der Waals surface area (Å²) in [4.78, 5) is 0. The maximum atomic E-state index is 9.29. The number of fused-ring (bicyclic) bond motifs is 1. The first-order valence-electron chi connectivity index (χ1n) is 3.33. The van der Waals surface area contributed by atoms with Crippen LogP contribution in [-0.2, 0) is 0 Å². The largest absolute Gasteiger partial charge is 0.384 e. The smallest absolute Gasteiger partial charge is 0.0980 e. The summed E-state index contributed by atoms with van der Waals surface area (Å²) in [6.45, 7) is 0. The second kappa shape index (κ2) is 3.24. The van der Waals surface area contributed by atoms with Gasteiger partial charge in [0, 0.05) is 17.6 Å². The number of rotatable bonds is 0. The molecule has 1 aliphatic carbocycles. The predicted octanol–water partition coefficient (Wildman–Crippen LogP) is 1.37. The van der Waals surface area contributed by atoms with Gasteiger partial charge in [0.15, 0.2) is 0 Å². The maximum absolute atomic E-state index is 9.29. The Balaban J connectivity index is 0.000000605. The van der Waals surface area contributed by atoms with Crippen LogP contribution >= 0.6 is 0 Å². The van der Waals surface area contributed by atoms with Crippen molar-refractivity contribution in [3.8, 4) is 0 Å². The van der Waals surface area contributed by atoms with E-state index >= 15 is 0 Å². The molecular weight excluding hydrogens is 197 g/mol. The summed E-state index contributed by atoms with van der Waals surface area (Å²) < 4.78 is 0. The fraction of sp³-hybridized carbons (Fsp3) is 0.111. The van der Waals surface area contributed by atoms with Crippen LogP contribution in [0.5, 0.6) is 0 Å². The summed E-state index contributed by atoms with van der Waals surface area (Å²) in [5.41, 5.74) is 2.15. The normalized spacial score (nSPS) is 19.2. The third-order valence-corrected chi connectivity index (χ3v) is 1.77. The molecule has 54 valence electrons. The van der Waals surface area contributed by atoms with Crippen LogP contribution in [0.25, 0.3) is 6.08 Å². The first-order chi connectivity index (χ1) is 4.88. The molecule has 2 rings (SSSR count). The van der Waals surface area contributed by atoms with Crippen molar-refractivity contribution >= 4 is 23.7 Å². The second-order valence-corrected chi connectivity index (χ2v) is 2.43. The fourth-order valence-electron chi connectivity index (χ4n) is 1.23. The van der Waals surface area contributed by atoms with Crippen LogP contribution in [0.4, 0.5) is 0 Å². The summed E-state index contributed by atoms with van der Waals surface area (Å²) >= 11 is 0. The Bertz CT molecular complexity index is 281. The zero-order chi connectivity index (χ0) is 6.97. The van der Waals surface area contributed by atoms with Crippen LogP contribution in [0.2, 0.25) is 0 Å². The van der Waals surface area contributed by atoms with Crippen molar-refractivity contribution in [2.45, 2.75) is 6.10 Å². The molecule has 1 nitrogen and oxygen atoms in total. The number of benzene rings is 1. The molecular formula is C9H8GeO. The topological polar surface area (TPSA) is 20.2 Å². The van der Waals surface area contributed by atoms with E-state index in [1.165, 1.54) is 0 Å². The quantitative estimate of drug-likeness (QED) is 0.633. The van der Waals surface area contributed by atoms with Crippen molar-refractivity contribution < 1.29 is 5.11 Å². The average molecular weight is 205 g/mol.